The van der Waals surface area contributed by atoms with Gasteiger partial charge in [-0.3, -0.25) is 0 Å². The fraction of sp³-hybridized carbons (Fsp3) is 0.269. The summed E-state index contributed by atoms with van der Waals surface area (Å²) in [5.74, 6) is -1.54. The zero-order valence-corrected chi connectivity index (χ0v) is 18.9. The average molecular weight is 451 g/mol. The van der Waals surface area contributed by atoms with E-state index in [4.69, 9.17) is 4.74 Å². The molecule has 0 spiro atoms. The van der Waals surface area contributed by atoms with Gasteiger partial charge in [-0.1, -0.05) is 19.2 Å². The summed E-state index contributed by atoms with van der Waals surface area (Å²) < 4.78 is 32.9. The van der Waals surface area contributed by atoms with E-state index in [0.717, 1.165) is 59.3 Å². The van der Waals surface area contributed by atoms with Gasteiger partial charge in [-0.2, -0.15) is 4.39 Å². The van der Waals surface area contributed by atoms with Gasteiger partial charge in [-0.15, -0.1) is 0 Å². The highest BCUT2D eigenvalue weighted by Crippen LogP contribution is 2.33. The van der Waals surface area contributed by atoms with Crippen molar-refractivity contribution in [3.8, 4) is 5.75 Å². The molecular formula is C26H28F2N4O. The number of halogens is 2. The molecule has 3 heterocycles. The van der Waals surface area contributed by atoms with Crippen LogP contribution in [0.5, 0.6) is 5.75 Å². The molecule has 172 valence electrons. The van der Waals surface area contributed by atoms with Crippen LogP contribution in [-0.2, 0) is 0 Å². The molecule has 7 heteroatoms. The third-order valence-electron chi connectivity index (χ3n) is 5.92. The summed E-state index contributed by atoms with van der Waals surface area (Å²) in [7, 11) is 1.95. The maximum Gasteiger partial charge on any atom is 0.255 e. The molecule has 1 fully saturated rings. The Morgan fingerprint density at radius 1 is 1.21 bits per heavy atom. The fourth-order valence-corrected chi connectivity index (χ4v) is 4.06. The smallest absolute Gasteiger partial charge is 0.255 e. The van der Waals surface area contributed by atoms with E-state index < -0.39 is 11.8 Å². The number of nitrogens with zero attached hydrogens (tertiary/aromatic N) is 3. The molecular weight excluding hydrogens is 422 g/mol. The summed E-state index contributed by atoms with van der Waals surface area (Å²) in [5, 5.41) is 3.48. The lowest BCUT2D eigenvalue weighted by Gasteiger charge is -2.35. The Bertz CT molecular complexity index is 1130. The lowest BCUT2D eigenvalue weighted by atomic mass is 10.0. The maximum atomic E-state index is 13.8. The molecule has 4 rings (SSSR count). The summed E-state index contributed by atoms with van der Waals surface area (Å²) in [4.78, 5) is 7.62. The van der Waals surface area contributed by atoms with Crippen molar-refractivity contribution in [1.29, 1.82) is 0 Å². The van der Waals surface area contributed by atoms with Gasteiger partial charge in [0, 0.05) is 62.2 Å². The van der Waals surface area contributed by atoms with Crippen LogP contribution in [0.2, 0.25) is 0 Å². The van der Waals surface area contributed by atoms with Gasteiger partial charge in [-0.25, -0.2) is 9.37 Å². The number of anilines is 2. The van der Waals surface area contributed by atoms with E-state index in [1.54, 1.807) is 0 Å². The highest BCUT2D eigenvalue weighted by molar-refractivity contribution is 5.74. The molecule has 2 aliphatic rings. The zero-order chi connectivity index (χ0) is 23.5. The molecule has 0 saturated carbocycles. The Balaban J connectivity index is 1.45. The normalized spacial score (nSPS) is 16.6. The highest BCUT2D eigenvalue weighted by atomic mass is 19.1. The van der Waals surface area contributed by atoms with E-state index in [9.17, 15) is 8.78 Å². The Labute approximate surface area is 193 Å². The number of allylic oxidation sites excluding steroid dienone is 2. The van der Waals surface area contributed by atoms with Crippen molar-refractivity contribution in [2.24, 2.45) is 0 Å². The van der Waals surface area contributed by atoms with Crippen molar-refractivity contribution < 1.29 is 13.5 Å². The van der Waals surface area contributed by atoms with Crippen LogP contribution < -0.4 is 15.0 Å². The standard InChI is InChI=1S/C26H28F2N4O/c1-17-7-8-24(23(14-17)30-18(2)22-6-5-11-31(4)19(22)3)32-12-9-21(10-13-32)33-25-15-20(27)16-29-26(25)28/h5-8,11,14-16,21,30H,2-3,9-10,12-13H2,1,4H3. The van der Waals surface area contributed by atoms with Crippen LogP contribution in [0.15, 0.2) is 78.9 Å². The molecule has 1 aromatic heterocycles. The molecule has 0 bridgehead atoms. The number of hydrogen-bond donors (Lipinski definition) is 1. The summed E-state index contributed by atoms with van der Waals surface area (Å²) in [6.45, 7) is 11.9. The van der Waals surface area contributed by atoms with Gasteiger partial charge in [-0.05, 0) is 36.8 Å². The Hall–Kier alpha value is -3.61. The van der Waals surface area contributed by atoms with Crippen LogP contribution in [0.4, 0.5) is 20.2 Å². The van der Waals surface area contributed by atoms with Crippen molar-refractivity contribution >= 4 is 11.4 Å². The number of ether oxygens (including phenoxy) is 1. The Morgan fingerprint density at radius 2 is 1.97 bits per heavy atom. The van der Waals surface area contributed by atoms with Crippen LogP contribution in [0.25, 0.3) is 0 Å². The van der Waals surface area contributed by atoms with Gasteiger partial charge >= 0.3 is 0 Å². The van der Waals surface area contributed by atoms with Crippen molar-refractivity contribution in [3.05, 3.63) is 96.3 Å². The lowest BCUT2D eigenvalue weighted by Crippen LogP contribution is -2.38. The molecule has 0 radical (unpaired) electrons. The molecule has 0 atom stereocenters. The molecule has 2 aliphatic heterocycles. The number of hydrogen-bond acceptors (Lipinski definition) is 5. The summed E-state index contributed by atoms with van der Waals surface area (Å²) in [6, 6.07) is 7.32. The second kappa shape index (κ2) is 9.48. The summed E-state index contributed by atoms with van der Waals surface area (Å²) >= 11 is 0. The van der Waals surface area contributed by atoms with Crippen molar-refractivity contribution in [1.82, 2.24) is 9.88 Å². The third kappa shape index (κ3) is 5.08. The van der Waals surface area contributed by atoms with Crippen molar-refractivity contribution in [3.63, 3.8) is 0 Å². The average Bonchev–Trinajstić information content (AvgIpc) is 2.79. The lowest BCUT2D eigenvalue weighted by molar-refractivity contribution is 0.161. The molecule has 1 aromatic carbocycles. The molecule has 33 heavy (non-hydrogen) atoms. The van der Waals surface area contributed by atoms with Crippen LogP contribution in [0.3, 0.4) is 0 Å². The first kappa shape index (κ1) is 22.6. The van der Waals surface area contributed by atoms with Gasteiger partial charge in [0.05, 0.1) is 17.6 Å². The van der Waals surface area contributed by atoms with Gasteiger partial charge in [0.2, 0.25) is 0 Å². The van der Waals surface area contributed by atoms with E-state index in [-0.39, 0.29) is 11.9 Å². The topological polar surface area (TPSA) is 40.6 Å². The molecule has 0 unspecified atom stereocenters. The van der Waals surface area contributed by atoms with E-state index in [2.05, 4.69) is 53.5 Å². The van der Waals surface area contributed by atoms with Crippen LogP contribution in [-0.4, -0.2) is 36.1 Å². The monoisotopic (exact) mass is 450 g/mol. The number of aromatic nitrogens is 1. The van der Waals surface area contributed by atoms with E-state index in [0.29, 0.717) is 12.8 Å². The van der Waals surface area contributed by atoms with Gasteiger partial charge in [0.15, 0.2) is 5.75 Å². The number of piperidine rings is 1. The first-order valence-corrected chi connectivity index (χ1v) is 10.9. The molecule has 1 saturated heterocycles. The van der Waals surface area contributed by atoms with Crippen LogP contribution >= 0.6 is 0 Å². The zero-order valence-electron chi connectivity index (χ0n) is 18.9. The number of likely N-dealkylation sites (N-methyl/N-ethyl adjacent to an activating group) is 1. The first-order valence-electron chi connectivity index (χ1n) is 10.9. The number of nitrogens with one attached hydrogen (secondary N) is 1. The summed E-state index contributed by atoms with van der Waals surface area (Å²) in [5.41, 5.74) is 5.76. The van der Waals surface area contributed by atoms with E-state index in [1.807, 2.05) is 30.3 Å². The molecule has 0 aliphatic carbocycles. The third-order valence-corrected chi connectivity index (χ3v) is 5.92. The second-order valence-electron chi connectivity index (χ2n) is 8.35. The minimum atomic E-state index is -0.790. The van der Waals surface area contributed by atoms with Gasteiger partial charge in [0.25, 0.3) is 5.95 Å². The molecule has 1 N–H and O–H groups in total. The van der Waals surface area contributed by atoms with E-state index >= 15 is 0 Å². The van der Waals surface area contributed by atoms with Crippen molar-refractivity contribution in [2.75, 3.05) is 30.4 Å². The summed E-state index contributed by atoms with van der Waals surface area (Å²) in [6.07, 6.45) is 7.93. The predicted molar refractivity (Wildman–Crippen MR) is 128 cm³/mol. The minimum Gasteiger partial charge on any atom is -0.485 e. The Morgan fingerprint density at radius 3 is 2.73 bits per heavy atom. The van der Waals surface area contributed by atoms with E-state index in [1.165, 1.54) is 0 Å². The van der Waals surface area contributed by atoms with Gasteiger partial charge < -0.3 is 19.9 Å². The number of rotatable bonds is 6. The number of pyridine rings is 1. The van der Waals surface area contributed by atoms with Crippen LogP contribution in [0.1, 0.15) is 18.4 Å². The molecule has 0 amide bonds. The van der Waals surface area contributed by atoms with Crippen LogP contribution in [0, 0.1) is 18.7 Å². The molecule has 2 aromatic rings. The highest BCUT2D eigenvalue weighted by Gasteiger charge is 2.24. The number of benzene rings is 1. The van der Waals surface area contributed by atoms with Gasteiger partial charge in [0.1, 0.15) is 11.9 Å². The Kier molecular flexibility index (Phi) is 6.49. The maximum absolute atomic E-state index is 13.8. The quantitative estimate of drug-likeness (QED) is 0.585. The fourth-order valence-electron chi connectivity index (χ4n) is 4.06. The minimum absolute atomic E-state index is 0.137. The predicted octanol–water partition coefficient (Wildman–Crippen LogP) is 5.54. The first-order chi connectivity index (χ1) is 15.8. The largest absolute Gasteiger partial charge is 0.485 e. The number of aryl methyl sites for hydroxylation is 1. The second-order valence-corrected chi connectivity index (χ2v) is 8.35. The molecule has 5 nitrogen and oxygen atoms in total. The van der Waals surface area contributed by atoms with Crippen molar-refractivity contribution in [2.45, 2.75) is 25.9 Å². The SMILES string of the molecule is C=C(Nc1cc(C)ccc1N1CCC(Oc2cc(F)cnc2F)CC1)C1=CC=CN(C)C1=C.